The first-order valence-corrected chi connectivity index (χ1v) is 11.7. The maximum atomic E-state index is 13.3. The molecular formula is C24H24FN3O3S. The zero-order valence-electron chi connectivity index (χ0n) is 17.7. The summed E-state index contributed by atoms with van der Waals surface area (Å²) in [5.74, 6) is -0.497. The van der Waals surface area contributed by atoms with E-state index in [4.69, 9.17) is 0 Å². The lowest BCUT2D eigenvalue weighted by atomic mass is 10.1. The Balaban J connectivity index is 1.53. The van der Waals surface area contributed by atoms with Gasteiger partial charge in [-0.2, -0.15) is 0 Å². The fourth-order valence-corrected chi connectivity index (χ4v) is 5.03. The van der Waals surface area contributed by atoms with E-state index in [1.165, 1.54) is 31.3 Å². The summed E-state index contributed by atoms with van der Waals surface area (Å²) < 4.78 is 40.5. The van der Waals surface area contributed by atoms with Crippen LogP contribution in [0.2, 0.25) is 0 Å². The molecule has 8 heteroatoms. The molecule has 0 bridgehead atoms. The molecule has 1 fully saturated rings. The highest BCUT2D eigenvalue weighted by Crippen LogP contribution is 2.27. The predicted molar refractivity (Wildman–Crippen MR) is 123 cm³/mol. The van der Waals surface area contributed by atoms with Crippen LogP contribution in [0.3, 0.4) is 0 Å². The fraction of sp³-hybridized carbons (Fsp3) is 0.208. The van der Waals surface area contributed by atoms with Gasteiger partial charge in [-0.3, -0.25) is 9.10 Å². The minimum Gasteiger partial charge on any atom is -0.368 e. The quantitative estimate of drug-likeness (QED) is 0.592. The number of carbonyl (C=O) groups is 1. The summed E-state index contributed by atoms with van der Waals surface area (Å²) >= 11 is 0. The van der Waals surface area contributed by atoms with Crippen molar-refractivity contribution in [2.45, 2.75) is 4.90 Å². The summed E-state index contributed by atoms with van der Waals surface area (Å²) in [6, 6.07) is 21.2. The minimum absolute atomic E-state index is 0.165. The number of sulfonamides is 1. The Bertz CT molecular complexity index is 1190. The van der Waals surface area contributed by atoms with Crippen molar-refractivity contribution in [2.75, 3.05) is 42.4 Å². The predicted octanol–water partition coefficient (Wildman–Crippen LogP) is 3.61. The molecule has 0 spiro atoms. The third-order valence-corrected chi connectivity index (χ3v) is 7.42. The normalized spacial score (nSPS) is 14.3. The van der Waals surface area contributed by atoms with Crippen LogP contribution in [0.4, 0.5) is 15.8 Å². The number of amides is 1. The van der Waals surface area contributed by atoms with Gasteiger partial charge in [-0.25, -0.2) is 12.8 Å². The smallest absolute Gasteiger partial charge is 0.264 e. The lowest BCUT2D eigenvalue weighted by Gasteiger charge is -2.36. The molecule has 0 radical (unpaired) electrons. The monoisotopic (exact) mass is 453 g/mol. The molecule has 3 aromatic rings. The zero-order valence-corrected chi connectivity index (χ0v) is 18.5. The van der Waals surface area contributed by atoms with Crippen molar-refractivity contribution >= 4 is 27.3 Å². The highest BCUT2D eigenvalue weighted by atomic mass is 32.2. The Kier molecular flexibility index (Phi) is 6.14. The van der Waals surface area contributed by atoms with E-state index in [0.29, 0.717) is 37.4 Å². The first-order chi connectivity index (χ1) is 15.4. The summed E-state index contributed by atoms with van der Waals surface area (Å²) in [6.07, 6.45) is 0. The molecule has 0 saturated carbocycles. The Morgan fingerprint density at radius 3 is 2.09 bits per heavy atom. The summed E-state index contributed by atoms with van der Waals surface area (Å²) in [5, 5.41) is 0. The van der Waals surface area contributed by atoms with Crippen molar-refractivity contribution in [1.82, 2.24) is 4.90 Å². The number of rotatable bonds is 5. The van der Waals surface area contributed by atoms with E-state index in [9.17, 15) is 17.6 Å². The molecule has 0 N–H and O–H groups in total. The van der Waals surface area contributed by atoms with Gasteiger partial charge in [0.2, 0.25) is 0 Å². The fourth-order valence-electron chi connectivity index (χ4n) is 3.80. The number of nitrogens with zero attached hydrogens (tertiary/aromatic N) is 3. The lowest BCUT2D eigenvalue weighted by molar-refractivity contribution is 0.0747. The summed E-state index contributed by atoms with van der Waals surface area (Å²) in [6.45, 7) is 2.19. The zero-order chi connectivity index (χ0) is 22.7. The SMILES string of the molecule is CN(c1ccccc1C(=O)N1CCN(c2ccc(F)cc2)CC1)S(=O)(=O)c1ccccc1. The third kappa shape index (κ3) is 4.31. The maximum Gasteiger partial charge on any atom is 0.264 e. The van der Waals surface area contributed by atoms with Crippen LogP contribution >= 0.6 is 0 Å². The highest BCUT2D eigenvalue weighted by Gasteiger charge is 2.28. The van der Waals surface area contributed by atoms with Crippen LogP contribution in [0, 0.1) is 5.82 Å². The van der Waals surface area contributed by atoms with Crippen molar-refractivity contribution in [3.05, 3.63) is 90.2 Å². The molecule has 1 amide bonds. The summed E-state index contributed by atoms with van der Waals surface area (Å²) in [4.78, 5) is 17.3. The Morgan fingerprint density at radius 2 is 1.44 bits per heavy atom. The van der Waals surface area contributed by atoms with E-state index >= 15 is 0 Å². The van der Waals surface area contributed by atoms with Crippen molar-refractivity contribution in [2.24, 2.45) is 0 Å². The lowest BCUT2D eigenvalue weighted by Crippen LogP contribution is -2.49. The number of benzene rings is 3. The van der Waals surface area contributed by atoms with Crippen LogP contribution in [0.5, 0.6) is 0 Å². The van der Waals surface area contributed by atoms with Gasteiger partial charge in [0.1, 0.15) is 5.82 Å². The molecule has 0 atom stereocenters. The molecule has 0 unspecified atom stereocenters. The first kappa shape index (κ1) is 21.8. The molecule has 1 heterocycles. The molecule has 1 aliphatic rings. The molecular weight excluding hydrogens is 429 g/mol. The largest absolute Gasteiger partial charge is 0.368 e. The van der Waals surface area contributed by atoms with E-state index in [2.05, 4.69) is 4.90 Å². The number of piperazine rings is 1. The average Bonchev–Trinajstić information content (AvgIpc) is 2.84. The van der Waals surface area contributed by atoms with Gasteiger partial charge >= 0.3 is 0 Å². The van der Waals surface area contributed by atoms with E-state index in [0.717, 1.165) is 9.99 Å². The Hall–Kier alpha value is -3.39. The summed E-state index contributed by atoms with van der Waals surface area (Å²) in [7, 11) is -2.34. The molecule has 32 heavy (non-hydrogen) atoms. The second kappa shape index (κ2) is 9.00. The van der Waals surface area contributed by atoms with Gasteiger partial charge < -0.3 is 9.80 Å². The molecule has 4 rings (SSSR count). The van der Waals surface area contributed by atoms with Gasteiger partial charge in [0.25, 0.3) is 15.9 Å². The number of anilines is 2. The summed E-state index contributed by atoms with van der Waals surface area (Å²) in [5.41, 5.74) is 1.58. The molecule has 1 saturated heterocycles. The minimum atomic E-state index is -3.80. The molecule has 166 valence electrons. The molecule has 1 aliphatic heterocycles. The molecule has 6 nitrogen and oxygen atoms in total. The van der Waals surface area contributed by atoms with Crippen LogP contribution in [-0.2, 0) is 10.0 Å². The van der Waals surface area contributed by atoms with Gasteiger partial charge in [-0.15, -0.1) is 0 Å². The average molecular weight is 454 g/mol. The second-order valence-electron chi connectivity index (χ2n) is 7.56. The van der Waals surface area contributed by atoms with Gasteiger partial charge in [-0.1, -0.05) is 30.3 Å². The van der Waals surface area contributed by atoms with E-state index < -0.39 is 10.0 Å². The van der Waals surface area contributed by atoms with E-state index in [1.54, 1.807) is 59.5 Å². The Morgan fingerprint density at radius 1 is 0.844 bits per heavy atom. The number of halogens is 1. The van der Waals surface area contributed by atoms with Gasteiger partial charge in [-0.05, 0) is 48.5 Å². The van der Waals surface area contributed by atoms with Crippen LogP contribution < -0.4 is 9.21 Å². The van der Waals surface area contributed by atoms with Crippen molar-refractivity contribution in [1.29, 1.82) is 0 Å². The first-order valence-electron chi connectivity index (χ1n) is 10.3. The topological polar surface area (TPSA) is 60.9 Å². The number of hydrogen-bond acceptors (Lipinski definition) is 4. The van der Waals surface area contributed by atoms with Gasteiger partial charge in [0.15, 0.2) is 0 Å². The highest BCUT2D eigenvalue weighted by molar-refractivity contribution is 7.92. The number of carbonyl (C=O) groups excluding carboxylic acids is 1. The number of para-hydroxylation sites is 1. The Labute approximate surface area is 187 Å². The van der Waals surface area contributed by atoms with Crippen LogP contribution in [0.25, 0.3) is 0 Å². The third-order valence-electron chi connectivity index (χ3n) is 5.63. The van der Waals surface area contributed by atoms with Gasteiger partial charge in [0.05, 0.1) is 16.1 Å². The van der Waals surface area contributed by atoms with Crippen LogP contribution in [-0.4, -0.2) is 52.5 Å². The molecule has 3 aromatic carbocycles. The van der Waals surface area contributed by atoms with Crippen LogP contribution in [0.1, 0.15) is 10.4 Å². The second-order valence-corrected chi connectivity index (χ2v) is 9.53. The van der Waals surface area contributed by atoms with Crippen molar-refractivity contribution in [3.63, 3.8) is 0 Å². The standard InChI is InChI=1S/C24H24FN3O3S/c1-26(32(30,31)21-7-3-2-4-8-21)23-10-6-5-9-22(23)24(29)28-17-15-27(16-18-28)20-13-11-19(25)12-14-20/h2-14H,15-18H2,1H3. The number of hydrogen-bond donors (Lipinski definition) is 0. The van der Waals surface area contributed by atoms with E-state index in [1.807, 2.05) is 0 Å². The van der Waals surface area contributed by atoms with Gasteiger partial charge in [0, 0.05) is 38.9 Å². The molecule has 0 aliphatic carbocycles. The van der Waals surface area contributed by atoms with E-state index in [-0.39, 0.29) is 16.6 Å². The van der Waals surface area contributed by atoms with Crippen molar-refractivity contribution in [3.8, 4) is 0 Å². The van der Waals surface area contributed by atoms with Crippen molar-refractivity contribution < 1.29 is 17.6 Å². The van der Waals surface area contributed by atoms with Crippen LogP contribution in [0.15, 0.2) is 83.8 Å². The molecule has 0 aromatic heterocycles. The maximum absolute atomic E-state index is 13.3.